The zero-order chi connectivity index (χ0) is 10.8. The largest absolute Gasteiger partial charge is 0.507 e. The third-order valence-corrected chi connectivity index (χ3v) is 2.08. The van der Waals surface area contributed by atoms with Crippen LogP contribution in [0.25, 0.3) is 11.3 Å². The number of hydrogen-bond donors (Lipinski definition) is 3. The molecule has 1 aromatic carbocycles. The maximum atomic E-state index is 9.76. The Morgan fingerprint density at radius 2 is 2.20 bits per heavy atom. The third-order valence-electron chi connectivity index (χ3n) is 2.08. The second kappa shape index (κ2) is 3.62. The molecule has 5 heteroatoms. The molecule has 0 aliphatic carbocycles. The van der Waals surface area contributed by atoms with Gasteiger partial charge in [0.15, 0.2) is 11.6 Å². The van der Waals surface area contributed by atoms with Crippen LogP contribution in [0.3, 0.4) is 0 Å². The summed E-state index contributed by atoms with van der Waals surface area (Å²) in [6, 6.07) is 6.50. The second-order valence-corrected chi connectivity index (χ2v) is 3.09. The van der Waals surface area contributed by atoms with Crippen LogP contribution in [0, 0.1) is 0 Å². The van der Waals surface area contributed by atoms with E-state index in [1.165, 1.54) is 6.07 Å². The van der Waals surface area contributed by atoms with Crippen molar-refractivity contribution in [3.63, 3.8) is 0 Å². The number of aromatic nitrogens is 1. The van der Waals surface area contributed by atoms with Gasteiger partial charge in [0.05, 0.1) is 12.2 Å². The molecular weight excluding hydrogens is 196 g/mol. The standard InChI is InChI=1S/C10H10N2O3/c11-9-4-8(15-12-9)7-3-1-2-6(5-13)10(7)14/h1-4,13-14H,5H2,(H2,11,12). The van der Waals surface area contributed by atoms with E-state index in [-0.39, 0.29) is 18.2 Å². The average molecular weight is 206 g/mol. The molecule has 15 heavy (non-hydrogen) atoms. The van der Waals surface area contributed by atoms with Crippen molar-refractivity contribution in [1.82, 2.24) is 5.16 Å². The maximum absolute atomic E-state index is 9.76. The van der Waals surface area contributed by atoms with Crippen molar-refractivity contribution in [1.29, 1.82) is 0 Å². The van der Waals surface area contributed by atoms with Gasteiger partial charge in [-0.05, 0) is 6.07 Å². The van der Waals surface area contributed by atoms with Gasteiger partial charge in [-0.15, -0.1) is 0 Å². The lowest BCUT2D eigenvalue weighted by Gasteiger charge is -2.04. The number of nitrogens with two attached hydrogens (primary N) is 1. The summed E-state index contributed by atoms with van der Waals surface area (Å²) in [6.45, 7) is -0.233. The van der Waals surface area contributed by atoms with Crippen molar-refractivity contribution in [3.05, 3.63) is 29.8 Å². The van der Waals surface area contributed by atoms with Gasteiger partial charge in [0.2, 0.25) is 0 Å². The van der Waals surface area contributed by atoms with Crippen LogP contribution in [0.1, 0.15) is 5.56 Å². The van der Waals surface area contributed by atoms with Gasteiger partial charge < -0.3 is 20.5 Å². The minimum Gasteiger partial charge on any atom is -0.507 e. The zero-order valence-electron chi connectivity index (χ0n) is 7.84. The molecule has 0 aliphatic rings. The molecule has 0 aliphatic heterocycles. The van der Waals surface area contributed by atoms with Gasteiger partial charge >= 0.3 is 0 Å². The number of anilines is 1. The van der Waals surface area contributed by atoms with Crippen molar-refractivity contribution in [3.8, 4) is 17.1 Å². The van der Waals surface area contributed by atoms with E-state index in [1.54, 1.807) is 18.2 Å². The highest BCUT2D eigenvalue weighted by Gasteiger charge is 2.12. The molecule has 0 amide bonds. The first-order valence-corrected chi connectivity index (χ1v) is 4.36. The topological polar surface area (TPSA) is 92.5 Å². The van der Waals surface area contributed by atoms with Gasteiger partial charge in [-0.3, -0.25) is 0 Å². The van der Waals surface area contributed by atoms with E-state index >= 15 is 0 Å². The lowest BCUT2D eigenvalue weighted by molar-refractivity contribution is 0.275. The fourth-order valence-electron chi connectivity index (χ4n) is 1.33. The number of aromatic hydroxyl groups is 1. The molecule has 4 N–H and O–H groups in total. The molecule has 2 aromatic rings. The molecule has 5 nitrogen and oxygen atoms in total. The van der Waals surface area contributed by atoms with Crippen molar-refractivity contribution in [2.24, 2.45) is 0 Å². The van der Waals surface area contributed by atoms with Crippen LogP contribution in [-0.2, 0) is 6.61 Å². The molecule has 1 aromatic heterocycles. The van der Waals surface area contributed by atoms with Gasteiger partial charge in [-0.2, -0.15) is 0 Å². The normalized spacial score (nSPS) is 10.5. The SMILES string of the molecule is Nc1cc(-c2cccc(CO)c2O)on1. The highest BCUT2D eigenvalue weighted by Crippen LogP contribution is 2.32. The summed E-state index contributed by atoms with van der Waals surface area (Å²) in [6.07, 6.45) is 0. The van der Waals surface area contributed by atoms with E-state index in [1.807, 2.05) is 0 Å². The van der Waals surface area contributed by atoms with Crippen LogP contribution in [0.2, 0.25) is 0 Å². The highest BCUT2D eigenvalue weighted by atomic mass is 16.5. The van der Waals surface area contributed by atoms with Crippen molar-refractivity contribution >= 4 is 5.82 Å². The first-order chi connectivity index (χ1) is 7.22. The van der Waals surface area contributed by atoms with Crippen molar-refractivity contribution in [2.45, 2.75) is 6.61 Å². The number of aliphatic hydroxyl groups is 1. The average Bonchev–Trinajstić information content (AvgIpc) is 2.65. The van der Waals surface area contributed by atoms with Gasteiger partial charge in [0, 0.05) is 11.6 Å². The smallest absolute Gasteiger partial charge is 0.172 e. The Hall–Kier alpha value is -2.01. The summed E-state index contributed by atoms with van der Waals surface area (Å²) >= 11 is 0. The lowest BCUT2D eigenvalue weighted by atomic mass is 10.1. The molecule has 0 radical (unpaired) electrons. The fourth-order valence-corrected chi connectivity index (χ4v) is 1.33. The summed E-state index contributed by atoms with van der Waals surface area (Å²) in [5.74, 6) is 0.607. The number of nitrogens with zero attached hydrogens (tertiary/aromatic N) is 1. The van der Waals surface area contributed by atoms with E-state index in [4.69, 9.17) is 15.4 Å². The molecule has 0 spiro atoms. The molecule has 2 rings (SSSR count). The minimum absolute atomic E-state index is 0.0175. The van der Waals surface area contributed by atoms with Crippen LogP contribution in [0.15, 0.2) is 28.8 Å². The van der Waals surface area contributed by atoms with E-state index in [2.05, 4.69) is 5.16 Å². The second-order valence-electron chi connectivity index (χ2n) is 3.09. The molecule has 0 atom stereocenters. The lowest BCUT2D eigenvalue weighted by Crippen LogP contribution is -1.86. The van der Waals surface area contributed by atoms with Crippen molar-refractivity contribution in [2.75, 3.05) is 5.73 Å². The quantitative estimate of drug-likeness (QED) is 0.684. The monoisotopic (exact) mass is 206 g/mol. The summed E-state index contributed by atoms with van der Waals surface area (Å²) < 4.78 is 4.91. The van der Waals surface area contributed by atoms with Gasteiger partial charge in [0.25, 0.3) is 0 Å². The van der Waals surface area contributed by atoms with E-state index in [9.17, 15) is 5.11 Å². The first kappa shape index (κ1) is 9.54. The molecule has 0 saturated carbocycles. The van der Waals surface area contributed by atoms with Crippen molar-refractivity contribution < 1.29 is 14.7 Å². The predicted octanol–water partition coefficient (Wildman–Crippen LogP) is 1.12. The first-order valence-electron chi connectivity index (χ1n) is 4.36. The maximum Gasteiger partial charge on any atom is 0.172 e. The summed E-state index contributed by atoms with van der Waals surface area (Å²) in [4.78, 5) is 0. The predicted molar refractivity (Wildman–Crippen MR) is 53.9 cm³/mol. The molecular formula is C10H10N2O3. The number of nitrogen functional groups attached to an aromatic ring is 1. The van der Waals surface area contributed by atoms with E-state index in [0.29, 0.717) is 16.9 Å². The molecule has 78 valence electrons. The van der Waals surface area contributed by atoms with Crippen LogP contribution >= 0.6 is 0 Å². The fraction of sp³-hybridized carbons (Fsp3) is 0.100. The Morgan fingerprint density at radius 3 is 2.80 bits per heavy atom. The Kier molecular flexibility index (Phi) is 2.31. The van der Waals surface area contributed by atoms with Gasteiger partial charge in [-0.1, -0.05) is 17.3 Å². The number of phenols is 1. The van der Waals surface area contributed by atoms with Gasteiger partial charge in [0.1, 0.15) is 5.75 Å². The molecule has 0 saturated heterocycles. The number of benzene rings is 1. The minimum atomic E-state index is -0.233. The van der Waals surface area contributed by atoms with E-state index in [0.717, 1.165) is 0 Å². The Bertz CT molecular complexity index is 479. The molecule has 0 bridgehead atoms. The number of rotatable bonds is 2. The molecule has 1 heterocycles. The Morgan fingerprint density at radius 1 is 1.40 bits per heavy atom. The molecule has 0 fully saturated rings. The van der Waals surface area contributed by atoms with Gasteiger partial charge in [-0.25, -0.2) is 0 Å². The number of para-hydroxylation sites is 1. The Labute approximate surface area is 85.7 Å². The highest BCUT2D eigenvalue weighted by molar-refractivity contribution is 5.68. The summed E-state index contributed by atoms with van der Waals surface area (Å²) in [5.41, 5.74) is 6.30. The van der Waals surface area contributed by atoms with E-state index < -0.39 is 0 Å². The summed E-state index contributed by atoms with van der Waals surface area (Å²) in [7, 11) is 0. The van der Waals surface area contributed by atoms with Crippen LogP contribution in [0.5, 0.6) is 5.75 Å². The van der Waals surface area contributed by atoms with Crippen LogP contribution in [0.4, 0.5) is 5.82 Å². The Balaban J connectivity index is 2.53. The molecule has 0 unspecified atom stereocenters. The van der Waals surface area contributed by atoms with Crippen LogP contribution < -0.4 is 5.73 Å². The zero-order valence-corrected chi connectivity index (χ0v) is 7.84. The third kappa shape index (κ3) is 1.64. The number of hydrogen-bond acceptors (Lipinski definition) is 5. The van der Waals surface area contributed by atoms with Crippen LogP contribution in [-0.4, -0.2) is 15.4 Å². The number of aliphatic hydroxyl groups excluding tert-OH is 1. The summed E-state index contributed by atoms with van der Waals surface area (Å²) in [5, 5.41) is 22.2.